The van der Waals surface area contributed by atoms with Crippen molar-refractivity contribution in [2.75, 3.05) is 46.4 Å². The Balaban J connectivity index is 1.41. The Kier molecular flexibility index (Phi) is 7.18. The Morgan fingerprint density at radius 3 is 2.92 bits per heavy atom. The number of rotatable bonds is 7. The lowest BCUT2D eigenvalue weighted by Gasteiger charge is -2.28. The lowest BCUT2D eigenvalue weighted by molar-refractivity contribution is 0.214. The molecule has 5 nitrogen and oxygen atoms in total. The third-order valence-corrected chi connectivity index (χ3v) is 5.45. The van der Waals surface area contributed by atoms with Crippen LogP contribution in [0.2, 0.25) is 0 Å². The highest BCUT2D eigenvalue weighted by Crippen LogP contribution is 2.25. The van der Waals surface area contributed by atoms with E-state index in [0.717, 1.165) is 56.7 Å². The minimum absolute atomic E-state index is 0.825. The van der Waals surface area contributed by atoms with Gasteiger partial charge in [0.15, 0.2) is 5.96 Å². The van der Waals surface area contributed by atoms with Crippen molar-refractivity contribution in [2.45, 2.75) is 39.0 Å². The van der Waals surface area contributed by atoms with E-state index in [-0.39, 0.29) is 0 Å². The minimum atomic E-state index is 0.825. The molecule has 3 rings (SSSR count). The Hall–Kier alpha value is -1.75. The summed E-state index contributed by atoms with van der Waals surface area (Å²) in [5.41, 5.74) is 2.71. The number of nitrogens with zero attached hydrogens (tertiary/aromatic N) is 2. The second-order valence-corrected chi connectivity index (χ2v) is 7.51. The predicted molar refractivity (Wildman–Crippen MR) is 108 cm³/mol. The van der Waals surface area contributed by atoms with Crippen LogP contribution in [0.3, 0.4) is 0 Å². The summed E-state index contributed by atoms with van der Waals surface area (Å²) in [6, 6.07) is 6.57. The van der Waals surface area contributed by atoms with Crippen LogP contribution in [0.15, 0.2) is 23.2 Å². The third kappa shape index (κ3) is 5.63. The molecule has 1 aromatic rings. The van der Waals surface area contributed by atoms with Crippen molar-refractivity contribution in [1.82, 2.24) is 15.5 Å². The van der Waals surface area contributed by atoms with E-state index >= 15 is 0 Å². The van der Waals surface area contributed by atoms with Crippen LogP contribution in [0.4, 0.5) is 0 Å². The molecule has 0 unspecified atom stereocenters. The average molecular weight is 359 g/mol. The fourth-order valence-corrected chi connectivity index (χ4v) is 3.77. The number of nitrogens with one attached hydrogen (secondary N) is 2. The fourth-order valence-electron chi connectivity index (χ4n) is 3.77. The van der Waals surface area contributed by atoms with Crippen LogP contribution in [0.5, 0.6) is 5.75 Å². The van der Waals surface area contributed by atoms with Gasteiger partial charge in [0, 0.05) is 26.1 Å². The van der Waals surface area contributed by atoms with Gasteiger partial charge < -0.3 is 20.3 Å². The van der Waals surface area contributed by atoms with E-state index in [0.29, 0.717) is 0 Å². The Bertz CT molecular complexity index is 594. The molecule has 5 heteroatoms. The molecule has 2 heterocycles. The number of likely N-dealkylation sites (tertiary alicyclic amines) is 1. The number of fused-ring (bicyclic) bond motifs is 1. The van der Waals surface area contributed by atoms with Crippen molar-refractivity contribution < 1.29 is 4.74 Å². The molecular formula is C21H34N4O. The number of piperidine rings is 1. The molecule has 2 aliphatic heterocycles. The number of hydrogen-bond acceptors (Lipinski definition) is 3. The minimum Gasteiger partial charge on any atom is -0.493 e. The first-order valence-electron chi connectivity index (χ1n) is 10.2. The van der Waals surface area contributed by atoms with Gasteiger partial charge in [-0.2, -0.15) is 0 Å². The van der Waals surface area contributed by atoms with Crippen molar-refractivity contribution in [3.05, 3.63) is 29.3 Å². The van der Waals surface area contributed by atoms with Gasteiger partial charge in [-0.3, -0.25) is 4.99 Å². The van der Waals surface area contributed by atoms with E-state index < -0.39 is 0 Å². The lowest BCUT2D eigenvalue weighted by Crippen LogP contribution is -2.38. The maximum atomic E-state index is 5.58. The van der Waals surface area contributed by atoms with E-state index in [2.05, 4.69) is 47.7 Å². The Morgan fingerprint density at radius 1 is 1.27 bits per heavy atom. The molecule has 2 N–H and O–H groups in total. The number of guanidine groups is 1. The van der Waals surface area contributed by atoms with E-state index in [1.54, 1.807) is 0 Å². The molecule has 0 radical (unpaired) electrons. The van der Waals surface area contributed by atoms with Gasteiger partial charge in [-0.05, 0) is 75.9 Å². The second kappa shape index (κ2) is 9.81. The van der Waals surface area contributed by atoms with Gasteiger partial charge in [0.25, 0.3) is 0 Å². The van der Waals surface area contributed by atoms with Crippen molar-refractivity contribution >= 4 is 5.96 Å². The largest absolute Gasteiger partial charge is 0.493 e. The Morgan fingerprint density at radius 2 is 2.12 bits per heavy atom. The summed E-state index contributed by atoms with van der Waals surface area (Å²) >= 11 is 0. The topological polar surface area (TPSA) is 48.9 Å². The molecule has 1 aromatic carbocycles. The fraction of sp³-hybridized carbons (Fsp3) is 0.667. The van der Waals surface area contributed by atoms with Crippen molar-refractivity contribution in [3.63, 3.8) is 0 Å². The Labute approximate surface area is 158 Å². The molecule has 1 fully saturated rings. The maximum Gasteiger partial charge on any atom is 0.191 e. The standard InChI is InChI=1S/C21H34N4O/c1-3-22-21(23-11-6-17-8-13-25(2)14-9-17)24-12-7-18-4-5-20-19(16-18)10-15-26-20/h4-5,16-17H,3,6-15H2,1-2H3,(H2,22,23,24). The lowest BCUT2D eigenvalue weighted by atomic mass is 9.94. The van der Waals surface area contributed by atoms with Gasteiger partial charge >= 0.3 is 0 Å². The van der Waals surface area contributed by atoms with Crippen LogP contribution in [0.25, 0.3) is 0 Å². The third-order valence-electron chi connectivity index (χ3n) is 5.45. The summed E-state index contributed by atoms with van der Waals surface area (Å²) in [6.07, 6.45) is 5.88. The summed E-state index contributed by atoms with van der Waals surface area (Å²) in [4.78, 5) is 7.20. The predicted octanol–water partition coefficient (Wildman–Crippen LogP) is 2.45. The number of hydrogen-bond donors (Lipinski definition) is 2. The van der Waals surface area contributed by atoms with Crippen LogP contribution in [0, 0.1) is 5.92 Å². The van der Waals surface area contributed by atoms with Gasteiger partial charge in [-0.15, -0.1) is 0 Å². The second-order valence-electron chi connectivity index (χ2n) is 7.51. The average Bonchev–Trinajstić information content (AvgIpc) is 3.11. The summed E-state index contributed by atoms with van der Waals surface area (Å²) < 4.78 is 5.58. The van der Waals surface area contributed by atoms with Gasteiger partial charge in [0.05, 0.1) is 6.61 Å². The zero-order valence-electron chi connectivity index (χ0n) is 16.4. The van der Waals surface area contributed by atoms with Crippen molar-refractivity contribution in [1.29, 1.82) is 0 Å². The number of ether oxygens (including phenoxy) is 1. The van der Waals surface area contributed by atoms with Crippen molar-refractivity contribution in [2.24, 2.45) is 10.9 Å². The molecule has 26 heavy (non-hydrogen) atoms. The highest BCUT2D eigenvalue weighted by atomic mass is 16.5. The molecule has 2 aliphatic rings. The van der Waals surface area contributed by atoms with Crippen LogP contribution in [-0.2, 0) is 12.8 Å². The van der Waals surface area contributed by atoms with Crippen LogP contribution in [0.1, 0.15) is 37.3 Å². The van der Waals surface area contributed by atoms with Crippen LogP contribution >= 0.6 is 0 Å². The molecule has 0 bridgehead atoms. The quantitative estimate of drug-likeness (QED) is 0.581. The molecule has 0 atom stereocenters. The van der Waals surface area contributed by atoms with Crippen LogP contribution < -0.4 is 15.4 Å². The zero-order valence-corrected chi connectivity index (χ0v) is 16.4. The summed E-state index contributed by atoms with van der Waals surface area (Å²) in [5, 5.41) is 6.85. The molecule has 0 amide bonds. The first-order chi connectivity index (χ1) is 12.7. The SMILES string of the molecule is CCNC(=NCCC1CCN(C)CC1)NCCc1ccc2c(c1)CCO2. The molecule has 0 aliphatic carbocycles. The van der Waals surface area contributed by atoms with Crippen molar-refractivity contribution in [3.8, 4) is 5.75 Å². The van der Waals surface area contributed by atoms with E-state index in [1.165, 1.54) is 43.5 Å². The summed E-state index contributed by atoms with van der Waals surface area (Å²) in [5.74, 6) is 2.85. The first-order valence-corrected chi connectivity index (χ1v) is 10.2. The smallest absolute Gasteiger partial charge is 0.191 e. The monoisotopic (exact) mass is 358 g/mol. The highest BCUT2D eigenvalue weighted by Gasteiger charge is 2.16. The number of aliphatic imine (C=N–C) groups is 1. The van der Waals surface area contributed by atoms with E-state index in [1.807, 2.05) is 0 Å². The molecule has 144 valence electrons. The number of benzene rings is 1. The van der Waals surface area contributed by atoms with Gasteiger partial charge in [-0.1, -0.05) is 12.1 Å². The first kappa shape index (κ1) is 19.0. The normalized spacial score (nSPS) is 18.5. The molecule has 1 saturated heterocycles. The van der Waals surface area contributed by atoms with Gasteiger partial charge in [0.1, 0.15) is 5.75 Å². The highest BCUT2D eigenvalue weighted by molar-refractivity contribution is 5.79. The zero-order chi connectivity index (χ0) is 18.2. The van der Waals surface area contributed by atoms with E-state index in [9.17, 15) is 0 Å². The maximum absolute atomic E-state index is 5.58. The molecule has 0 saturated carbocycles. The molecule has 0 spiro atoms. The molecule has 0 aromatic heterocycles. The molecular weight excluding hydrogens is 324 g/mol. The summed E-state index contributed by atoms with van der Waals surface area (Å²) in [7, 11) is 2.22. The van der Waals surface area contributed by atoms with E-state index in [4.69, 9.17) is 9.73 Å². The van der Waals surface area contributed by atoms with Gasteiger partial charge in [0.2, 0.25) is 0 Å². The van der Waals surface area contributed by atoms with Gasteiger partial charge in [-0.25, -0.2) is 0 Å². The summed E-state index contributed by atoms with van der Waals surface area (Å²) in [6.45, 7) is 8.13. The van der Waals surface area contributed by atoms with Crippen LogP contribution in [-0.4, -0.2) is 57.2 Å².